The highest BCUT2D eigenvalue weighted by Gasteiger charge is 2.35. The fourth-order valence-electron chi connectivity index (χ4n) is 2.31. The van der Waals surface area contributed by atoms with Crippen LogP contribution in [0.4, 0.5) is 0 Å². The van der Waals surface area contributed by atoms with Gasteiger partial charge in [-0.3, -0.25) is 9.59 Å². The van der Waals surface area contributed by atoms with Crippen LogP contribution in [0.2, 0.25) is 0 Å². The average Bonchev–Trinajstić information content (AvgIpc) is 3.04. The molecule has 0 aliphatic carbocycles. The lowest BCUT2D eigenvalue weighted by atomic mass is 10.2. The molecule has 0 spiro atoms. The highest BCUT2D eigenvalue weighted by Crippen LogP contribution is 2.22. The van der Waals surface area contributed by atoms with Crippen LogP contribution in [-0.2, 0) is 9.59 Å². The minimum absolute atomic E-state index is 0.0184. The fourth-order valence-corrected chi connectivity index (χ4v) is 3.46. The molecule has 1 heterocycles. The lowest BCUT2D eigenvalue weighted by molar-refractivity contribution is -0.140. The Balaban J connectivity index is 2.09. The maximum absolute atomic E-state index is 12.5. The third-order valence-electron chi connectivity index (χ3n) is 3.59. The summed E-state index contributed by atoms with van der Waals surface area (Å²) < 4.78 is 0. The first-order chi connectivity index (χ1) is 10.7. The van der Waals surface area contributed by atoms with Crippen LogP contribution < -0.4 is 0 Å². The lowest BCUT2D eigenvalue weighted by Gasteiger charge is -2.27. The van der Waals surface area contributed by atoms with E-state index in [0.717, 1.165) is 5.56 Å². The van der Waals surface area contributed by atoms with E-state index >= 15 is 0 Å². The van der Waals surface area contributed by atoms with Crippen LogP contribution in [0.3, 0.4) is 0 Å². The third-order valence-corrected chi connectivity index (χ3v) is 4.60. The Bertz CT molecular complexity index is 588. The van der Waals surface area contributed by atoms with Gasteiger partial charge in [-0.15, -0.1) is 11.8 Å². The van der Waals surface area contributed by atoms with E-state index in [1.165, 1.54) is 0 Å². The predicted octanol–water partition coefficient (Wildman–Crippen LogP) is 1.81. The van der Waals surface area contributed by atoms with E-state index in [4.69, 9.17) is 0 Å². The van der Waals surface area contributed by atoms with Crippen molar-refractivity contribution in [2.24, 2.45) is 0 Å². The summed E-state index contributed by atoms with van der Waals surface area (Å²) in [6, 6.07) is 9.00. The van der Waals surface area contributed by atoms with Crippen molar-refractivity contribution in [1.82, 2.24) is 9.80 Å². The summed E-state index contributed by atoms with van der Waals surface area (Å²) in [5.41, 5.74) is 0.800. The Kier molecular flexibility index (Phi) is 5.91. The number of benzene rings is 1. The highest BCUT2D eigenvalue weighted by molar-refractivity contribution is 7.99. The second-order valence-corrected chi connectivity index (χ2v) is 5.92. The zero-order valence-corrected chi connectivity index (χ0v) is 13.7. The molecule has 1 aromatic rings. The van der Waals surface area contributed by atoms with Gasteiger partial charge in [0.15, 0.2) is 0 Å². The number of rotatable bonds is 3. The van der Waals surface area contributed by atoms with Crippen LogP contribution in [0.5, 0.6) is 0 Å². The summed E-state index contributed by atoms with van der Waals surface area (Å²) >= 11 is 1.60. The molecular weight excluding hydrogens is 296 g/mol. The Hall–Kier alpha value is -1.93. The van der Waals surface area contributed by atoms with Crippen molar-refractivity contribution < 1.29 is 9.59 Å². The molecule has 0 bridgehead atoms. The Morgan fingerprint density at radius 1 is 1.27 bits per heavy atom. The van der Waals surface area contributed by atoms with E-state index in [-0.39, 0.29) is 17.9 Å². The number of likely N-dealkylation sites (N-methyl/N-ethyl adjacent to an activating group) is 1. The number of thioether (sulfide) groups is 1. The molecule has 2 amide bonds. The topological polar surface area (TPSA) is 40.6 Å². The van der Waals surface area contributed by atoms with Crippen LogP contribution >= 0.6 is 11.8 Å². The SMILES string of the molecule is CCN(CC)C(=O)[C@@H]1CSCN1C(=O)C#Cc1ccccc1. The van der Waals surface area contributed by atoms with E-state index in [0.29, 0.717) is 24.7 Å². The Morgan fingerprint density at radius 2 is 1.95 bits per heavy atom. The number of hydrogen-bond acceptors (Lipinski definition) is 3. The van der Waals surface area contributed by atoms with Gasteiger partial charge in [0, 0.05) is 30.3 Å². The Morgan fingerprint density at radius 3 is 2.59 bits per heavy atom. The van der Waals surface area contributed by atoms with Crippen molar-refractivity contribution in [3.63, 3.8) is 0 Å². The van der Waals surface area contributed by atoms with Crippen LogP contribution in [0.25, 0.3) is 0 Å². The van der Waals surface area contributed by atoms with Crippen LogP contribution in [-0.4, -0.2) is 52.4 Å². The summed E-state index contributed by atoms with van der Waals surface area (Å²) in [6.45, 7) is 5.22. The molecule has 0 saturated carbocycles. The molecule has 1 atom stereocenters. The van der Waals surface area contributed by atoms with Crippen molar-refractivity contribution in [1.29, 1.82) is 0 Å². The first-order valence-electron chi connectivity index (χ1n) is 7.41. The maximum Gasteiger partial charge on any atom is 0.300 e. The normalized spacial score (nSPS) is 16.8. The van der Waals surface area contributed by atoms with Gasteiger partial charge in [0.25, 0.3) is 5.91 Å². The molecular formula is C17H20N2O2S. The van der Waals surface area contributed by atoms with Gasteiger partial charge >= 0.3 is 0 Å². The van der Waals surface area contributed by atoms with Crippen molar-refractivity contribution in [3.8, 4) is 11.8 Å². The zero-order chi connectivity index (χ0) is 15.9. The van der Waals surface area contributed by atoms with Crippen molar-refractivity contribution in [2.45, 2.75) is 19.9 Å². The molecule has 1 aliphatic heterocycles. The van der Waals surface area contributed by atoms with Gasteiger partial charge in [0.05, 0.1) is 5.88 Å². The number of nitrogens with zero attached hydrogens (tertiary/aromatic N) is 2. The summed E-state index contributed by atoms with van der Waals surface area (Å²) in [5.74, 6) is 6.43. The van der Waals surface area contributed by atoms with E-state index in [2.05, 4.69) is 11.8 Å². The van der Waals surface area contributed by atoms with Gasteiger partial charge in [0.2, 0.25) is 5.91 Å². The number of carbonyl (C=O) groups excluding carboxylic acids is 2. The number of hydrogen-bond donors (Lipinski definition) is 0. The summed E-state index contributed by atoms with van der Waals surface area (Å²) in [6.07, 6.45) is 0. The van der Waals surface area contributed by atoms with E-state index in [1.807, 2.05) is 44.2 Å². The summed E-state index contributed by atoms with van der Waals surface area (Å²) in [4.78, 5) is 28.1. The van der Waals surface area contributed by atoms with Crippen molar-refractivity contribution in [2.75, 3.05) is 24.7 Å². The zero-order valence-electron chi connectivity index (χ0n) is 12.9. The largest absolute Gasteiger partial charge is 0.341 e. The average molecular weight is 316 g/mol. The van der Waals surface area contributed by atoms with Crippen LogP contribution in [0.15, 0.2) is 30.3 Å². The lowest BCUT2D eigenvalue weighted by Crippen LogP contribution is -2.48. The van der Waals surface area contributed by atoms with Gasteiger partial charge in [-0.05, 0) is 26.0 Å². The molecule has 116 valence electrons. The molecule has 0 aromatic heterocycles. The van der Waals surface area contributed by atoms with Crippen molar-refractivity contribution in [3.05, 3.63) is 35.9 Å². The minimum atomic E-state index is -0.387. The van der Waals surface area contributed by atoms with E-state index in [9.17, 15) is 9.59 Å². The highest BCUT2D eigenvalue weighted by atomic mass is 32.2. The second-order valence-electron chi connectivity index (χ2n) is 4.92. The predicted molar refractivity (Wildman–Crippen MR) is 89.2 cm³/mol. The molecule has 1 fully saturated rings. The number of carbonyl (C=O) groups is 2. The van der Waals surface area contributed by atoms with Gasteiger partial charge in [-0.2, -0.15) is 0 Å². The standard InChI is InChI=1S/C17H20N2O2S/c1-3-18(4-2)17(21)15-12-22-13-19(15)16(20)11-10-14-8-6-5-7-9-14/h5-9,15H,3-4,12-13H2,1-2H3/t15-/m0/s1. The maximum atomic E-state index is 12.5. The molecule has 0 radical (unpaired) electrons. The van der Waals surface area contributed by atoms with Gasteiger partial charge in [-0.1, -0.05) is 24.1 Å². The first kappa shape index (κ1) is 16.4. The first-order valence-corrected chi connectivity index (χ1v) is 8.57. The fraction of sp³-hybridized carbons (Fsp3) is 0.412. The van der Waals surface area contributed by atoms with Crippen LogP contribution in [0.1, 0.15) is 19.4 Å². The molecule has 22 heavy (non-hydrogen) atoms. The smallest absolute Gasteiger partial charge is 0.300 e. The molecule has 5 heteroatoms. The molecule has 4 nitrogen and oxygen atoms in total. The molecule has 2 rings (SSSR count). The van der Waals surface area contributed by atoms with Gasteiger partial charge in [0.1, 0.15) is 6.04 Å². The quantitative estimate of drug-likeness (QED) is 0.799. The van der Waals surface area contributed by atoms with E-state index in [1.54, 1.807) is 21.6 Å². The summed E-state index contributed by atoms with van der Waals surface area (Å²) in [5, 5.41) is 0. The van der Waals surface area contributed by atoms with Crippen LogP contribution in [0, 0.1) is 11.8 Å². The van der Waals surface area contributed by atoms with E-state index < -0.39 is 0 Å². The molecule has 1 aliphatic rings. The number of amides is 2. The summed E-state index contributed by atoms with van der Waals surface area (Å²) in [7, 11) is 0. The van der Waals surface area contributed by atoms with Gasteiger partial charge < -0.3 is 9.80 Å². The second kappa shape index (κ2) is 7.90. The Labute approximate surface area is 135 Å². The molecule has 1 saturated heterocycles. The van der Waals surface area contributed by atoms with Crippen molar-refractivity contribution >= 4 is 23.6 Å². The van der Waals surface area contributed by atoms with Gasteiger partial charge in [-0.25, -0.2) is 0 Å². The molecule has 0 unspecified atom stereocenters. The monoisotopic (exact) mass is 316 g/mol. The molecule has 1 aromatic carbocycles. The third kappa shape index (κ3) is 3.83. The minimum Gasteiger partial charge on any atom is -0.341 e. The molecule has 0 N–H and O–H groups in total.